The van der Waals surface area contributed by atoms with Crippen molar-refractivity contribution in [3.05, 3.63) is 27.9 Å². The fraction of sp³-hybridized carbons (Fsp3) is 0.636. The van der Waals surface area contributed by atoms with Crippen LogP contribution in [0.15, 0.2) is 11.0 Å². The summed E-state index contributed by atoms with van der Waals surface area (Å²) in [7, 11) is 0. The summed E-state index contributed by atoms with van der Waals surface area (Å²) < 4.78 is 26.5. The minimum absolute atomic E-state index is 0.0948. The van der Waals surface area contributed by atoms with Crippen LogP contribution in [0.3, 0.4) is 0 Å². The molecule has 1 aromatic heterocycles. The van der Waals surface area contributed by atoms with Crippen LogP contribution in [-0.4, -0.2) is 21.0 Å². The molecular weight excluding hydrogens is 230 g/mol. The molecule has 0 aromatic carbocycles. The molecule has 94 valence electrons. The summed E-state index contributed by atoms with van der Waals surface area (Å²) in [5.41, 5.74) is -0.303. The smallest absolute Gasteiger partial charge is 0.256 e. The minimum atomic E-state index is -2.67. The first kappa shape index (κ1) is 12.2. The highest BCUT2D eigenvalue weighted by Gasteiger charge is 2.37. The van der Waals surface area contributed by atoms with E-state index >= 15 is 0 Å². The van der Waals surface area contributed by atoms with E-state index < -0.39 is 24.0 Å². The number of aromatic amines is 1. The van der Waals surface area contributed by atoms with Crippen LogP contribution >= 0.6 is 0 Å². The lowest BCUT2D eigenvalue weighted by Crippen LogP contribution is -2.27. The second-order valence-corrected chi connectivity index (χ2v) is 4.43. The molecule has 1 heterocycles. The molecule has 0 bridgehead atoms. The average molecular weight is 244 g/mol. The molecule has 0 spiro atoms. The van der Waals surface area contributed by atoms with E-state index in [0.717, 1.165) is 0 Å². The lowest BCUT2D eigenvalue weighted by atomic mass is 9.86. The first-order valence-electron chi connectivity index (χ1n) is 5.58. The number of aliphatic hydroxyl groups is 1. The third-order valence-corrected chi connectivity index (χ3v) is 3.09. The van der Waals surface area contributed by atoms with Gasteiger partial charge in [-0.3, -0.25) is 4.79 Å². The second-order valence-electron chi connectivity index (χ2n) is 4.43. The van der Waals surface area contributed by atoms with Crippen molar-refractivity contribution in [2.24, 2.45) is 0 Å². The van der Waals surface area contributed by atoms with E-state index in [1.807, 2.05) is 0 Å². The maximum absolute atomic E-state index is 13.2. The third kappa shape index (κ3) is 2.69. The summed E-state index contributed by atoms with van der Waals surface area (Å²) >= 11 is 0. The van der Waals surface area contributed by atoms with Gasteiger partial charge in [0.15, 0.2) is 0 Å². The van der Waals surface area contributed by atoms with Gasteiger partial charge in [-0.05, 0) is 12.8 Å². The van der Waals surface area contributed by atoms with E-state index in [-0.39, 0.29) is 18.4 Å². The Kier molecular flexibility index (Phi) is 3.24. The Morgan fingerprint density at radius 2 is 2.35 bits per heavy atom. The molecule has 0 saturated heterocycles. The molecule has 4 nitrogen and oxygen atoms in total. The predicted octanol–water partition coefficient (Wildman–Crippen LogP) is 1.56. The van der Waals surface area contributed by atoms with Crippen LogP contribution in [0.25, 0.3) is 0 Å². The molecule has 1 saturated carbocycles. The first-order chi connectivity index (χ1) is 8.02. The number of nitrogens with zero attached hydrogens (tertiary/aromatic N) is 1. The van der Waals surface area contributed by atoms with Gasteiger partial charge in [-0.1, -0.05) is 0 Å². The molecule has 1 unspecified atom stereocenters. The van der Waals surface area contributed by atoms with E-state index in [4.69, 9.17) is 5.11 Å². The second kappa shape index (κ2) is 4.52. The van der Waals surface area contributed by atoms with E-state index in [1.165, 1.54) is 6.20 Å². The molecule has 1 atom stereocenters. The van der Waals surface area contributed by atoms with E-state index in [0.29, 0.717) is 18.7 Å². The molecule has 1 fully saturated rings. The number of aliphatic hydroxyl groups excluding tert-OH is 1. The van der Waals surface area contributed by atoms with Gasteiger partial charge in [0.25, 0.3) is 5.56 Å². The Morgan fingerprint density at radius 3 is 2.94 bits per heavy atom. The van der Waals surface area contributed by atoms with Crippen LogP contribution in [-0.2, 0) is 6.61 Å². The van der Waals surface area contributed by atoms with Crippen molar-refractivity contribution in [2.45, 2.75) is 44.1 Å². The van der Waals surface area contributed by atoms with Gasteiger partial charge >= 0.3 is 0 Å². The molecule has 17 heavy (non-hydrogen) atoms. The number of rotatable bonds is 2. The summed E-state index contributed by atoms with van der Waals surface area (Å²) in [6.07, 6.45) is 1.93. The highest BCUT2D eigenvalue weighted by Crippen LogP contribution is 2.40. The Hall–Kier alpha value is -1.30. The lowest BCUT2D eigenvalue weighted by molar-refractivity contribution is -0.0417. The number of H-pyrrole nitrogens is 1. The van der Waals surface area contributed by atoms with Gasteiger partial charge in [0.05, 0.1) is 12.2 Å². The summed E-state index contributed by atoms with van der Waals surface area (Å²) in [6, 6.07) is 0. The lowest BCUT2D eigenvalue weighted by Gasteiger charge is -2.28. The molecule has 6 heteroatoms. The predicted molar refractivity (Wildman–Crippen MR) is 56.9 cm³/mol. The monoisotopic (exact) mass is 244 g/mol. The highest BCUT2D eigenvalue weighted by molar-refractivity contribution is 5.08. The SMILES string of the molecule is O=c1[nH]c(C2CCCC(F)(F)C2)ncc1CO. The molecule has 2 rings (SSSR count). The van der Waals surface area contributed by atoms with E-state index in [2.05, 4.69) is 9.97 Å². The zero-order valence-corrected chi connectivity index (χ0v) is 9.25. The number of nitrogens with one attached hydrogen (secondary N) is 1. The highest BCUT2D eigenvalue weighted by atomic mass is 19.3. The third-order valence-electron chi connectivity index (χ3n) is 3.09. The van der Waals surface area contributed by atoms with E-state index in [1.54, 1.807) is 0 Å². The topological polar surface area (TPSA) is 66.0 Å². The van der Waals surface area contributed by atoms with Gasteiger partial charge < -0.3 is 10.1 Å². The molecule has 0 aliphatic heterocycles. The van der Waals surface area contributed by atoms with Gasteiger partial charge in [-0.25, -0.2) is 13.8 Å². The largest absolute Gasteiger partial charge is 0.391 e. The molecule has 1 aliphatic rings. The van der Waals surface area contributed by atoms with Crippen molar-refractivity contribution in [1.29, 1.82) is 0 Å². The Labute approximate surface area is 96.7 Å². The van der Waals surface area contributed by atoms with Crippen molar-refractivity contribution in [1.82, 2.24) is 9.97 Å². The summed E-state index contributed by atoms with van der Waals surface area (Å²) in [5, 5.41) is 8.82. The summed E-state index contributed by atoms with van der Waals surface area (Å²) in [4.78, 5) is 17.9. The van der Waals surface area contributed by atoms with Crippen LogP contribution in [0.5, 0.6) is 0 Å². The molecule has 2 N–H and O–H groups in total. The van der Waals surface area contributed by atoms with Crippen LogP contribution in [0.2, 0.25) is 0 Å². The average Bonchev–Trinajstić information content (AvgIpc) is 2.27. The van der Waals surface area contributed by atoms with Crippen molar-refractivity contribution in [3.63, 3.8) is 0 Å². The van der Waals surface area contributed by atoms with Crippen molar-refractivity contribution in [2.75, 3.05) is 0 Å². The number of aromatic nitrogens is 2. The summed E-state index contributed by atoms with van der Waals surface area (Å²) in [5.74, 6) is -2.78. The number of hydrogen-bond acceptors (Lipinski definition) is 3. The van der Waals surface area contributed by atoms with Crippen molar-refractivity contribution >= 4 is 0 Å². The maximum Gasteiger partial charge on any atom is 0.256 e. The fourth-order valence-corrected chi connectivity index (χ4v) is 2.16. The quantitative estimate of drug-likeness (QED) is 0.829. The number of halogens is 2. The zero-order valence-electron chi connectivity index (χ0n) is 9.25. The van der Waals surface area contributed by atoms with Gasteiger partial charge in [-0.15, -0.1) is 0 Å². The number of hydrogen-bond donors (Lipinski definition) is 2. The molecular formula is C11H14F2N2O2. The zero-order chi connectivity index (χ0) is 12.5. The number of alkyl halides is 2. The van der Waals surface area contributed by atoms with Crippen molar-refractivity contribution in [3.8, 4) is 0 Å². The van der Waals surface area contributed by atoms with Gasteiger partial charge in [-0.2, -0.15) is 0 Å². The standard InChI is InChI=1S/C11H14F2N2O2/c12-11(13)3-1-2-7(4-11)9-14-5-8(6-16)10(17)15-9/h5,7,16H,1-4,6H2,(H,14,15,17). The van der Waals surface area contributed by atoms with Crippen LogP contribution in [0.4, 0.5) is 8.78 Å². The Balaban J connectivity index is 2.23. The maximum atomic E-state index is 13.2. The summed E-state index contributed by atoms with van der Waals surface area (Å²) in [6.45, 7) is -0.399. The minimum Gasteiger partial charge on any atom is -0.391 e. The Morgan fingerprint density at radius 1 is 1.59 bits per heavy atom. The normalized spacial score (nSPS) is 23.6. The first-order valence-corrected chi connectivity index (χ1v) is 5.58. The molecule has 0 radical (unpaired) electrons. The van der Waals surface area contributed by atoms with Crippen LogP contribution in [0, 0.1) is 0 Å². The van der Waals surface area contributed by atoms with Gasteiger partial charge in [0.1, 0.15) is 5.82 Å². The van der Waals surface area contributed by atoms with E-state index in [9.17, 15) is 13.6 Å². The molecule has 1 aromatic rings. The molecule has 1 aliphatic carbocycles. The van der Waals surface area contributed by atoms with Gasteiger partial charge in [0.2, 0.25) is 5.92 Å². The Bertz CT molecular complexity index is 459. The van der Waals surface area contributed by atoms with Crippen LogP contribution in [0.1, 0.15) is 43.0 Å². The van der Waals surface area contributed by atoms with Crippen molar-refractivity contribution < 1.29 is 13.9 Å². The fourth-order valence-electron chi connectivity index (χ4n) is 2.16. The van der Waals surface area contributed by atoms with Gasteiger partial charge in [0, 0.05) is 25.0 Å². The van der Waals surface area contributed by atoms with Crippen LogP contribution < -0.4 is 5.56 Å². The molecule has 0 amide bonds.